The topological polar surface area (TPSA) is 99.9 Å². The van der Waals surface area contributed by atoms with E-state index in [0.717, 1.165) is 25.0 Å². The van der Waals surface area contributed by atoms with E-state index in [0.29, 0.717) is 23.0 Å². The van der Waals surface area contributed by atoms with Crippen LogP contribution in [0.25, 0.3) is 0 Å². The molecule has 8 nitrogen and oxygen atoms in total. The van der Waals surface area contributed by atoms with Gasteiger partial charge in [-0.2, -0.15) is 4.98 Å². The number of nitrogens with zero attached hydrogens (tertiary/aromatic N) is 2. The molecule has 1 aliphatic heterocycles. The van der Waals surface area contributed by atoms with Crippen LogP contribution in [0.1, 0.15) is 67.1 Å². The second-order valence-electron chi connectivity index (χ2n) is 7.14. The predicted octanol–water partition coefficient (Wildman–Crippen LogP) is 3.92. The van der Waals surface area contributed by atoms with Gasteiger partial charge in [0.25, 0.3) is 5.56 Å². The Labute approximate surface area is 185 Å². The van der Waals surface area contributed by atoms with Crippen LogP contribution in [0.3, 0.4) is 0 Å². The van der Waals surface area contributed by atoms with Crippen LogP contribution in [-0.4, -0.2) is 40.6 Å². The SMILES string of the molecule is CCCCCCSc1nc(O)c([C@H]2OC(=O)c3c2ccc(OC)c3OC)c(=O)n1CC. The van der Waals surface area contributed by atoms with Crippen molar-refractivity contribution in [3.63, 3.8) is 0 Å². The van der Waals surface area contributed by atoms with Crippen molar-refractivity contribution in [2.45, 2.75) is 57.3 Å². The molecule has 2 heterocycles. The molecule has 0 amide bonds. The second kappa shape index (κ2) is 10.1. The quantitative estimate of drug-likeness (QED) is 0.253. The average Bonchev–Trinajstić information content (AvgIpc) is 3.09. The van der Waals surface area contributed by atoms with E-state index in [9.17, 15) is 14.7 Å². The van der Waals surface area contributed by atoms with E-state index in [-0.39, 0.29) is 16.9 Å². The first-order valence-corrected chi connectivity index (χ1v) is 11.4. The average molecular weight is 449 g/mol. The van der Waals surface area contributed by atoms with Crippen molar-refractivity contribution in [3.8, 4) is 17.4 Å². The molecule has 0 radical (unpaired) electrons. The zero-order valence-electron chi connectivity index (χ0n) is 18.3. The van der Waals surface area contributed by atoms with E-state index >= 15 is 0 Å². The van der Waals surface area contributed by atoms with Gasteiger partial charge in [-0.25, -0.2) is 4.79 Å². The molecule has 1 N–H and O–H groups in total. The van der Waals surface area contributed by atoms with Crippen LogP contribution < -0.4 is 15.0 Å². The molecule has 1 aromatic heterocycles. The van der Waals surface area contributed by atoms with Gasteiger partial charge in [-0.05, 0) is 19.4 Å². The van der Waals surface area contributed by atoms with Gasteiger partial charge in [-0.3, -0.25) is 9.36 Å². The third-order valence-electron chi connectivity index (χ3n) is 5.25. The minimum Gasteiger partial charge on any atom is -0.493 e. The highest BCUT2D eigenvalue weighted by atomic mass is 32.2. The molecule has 168 valence electrons. The number of unbranched alkanes of at least 4 members (excludes halogenated alkanes) is 3. The van der Waals surface area contributed by atoms with E-state index < -0.39 is 23.5 Å². The number of esters is 1. The number of ether oxygens (including phenoxy) is 3. The summed E-state index contributed by atoms with van der Waals surface area (Å²) >= 11 is 1.45. The van der Waals surface area contributed by atoms with Crippen molar-refractivity contribution in [3.05, 3.63) is 39.2 Å². The van der Waals surface area contributed by atoms with Crippen molar-refractivity contribution < 1.29 is 24.1 Å². The first kappa shape index (κ1) is 23.0. The Morgan fingerprint density at radius 3 is 2.58 bits per heavy atom. The third kappa shape index (κ3) is 4.37. The van der Waals surface area contributed by atoms with Gasteiger partial charge in [0.1, 0.15) is 11.1 Å². The predicted molar refractivity (Wildman–Crippen MR) is 118 cm³/mol. The Morgan fingerprint density at radius 1 is 1.16 bits per heavy atom. The number of benzene rings is 1. The lowest BCUT2D eigenvalue weighted by Gasteiger charge is -2.16. The summed E-state index contributed by atoms with van der Waals surface area (Å²) in [5, 5.41) is 11.1. The molecular formula is C22H28N2O6S. The molecule has 1 aromatic carbocycles. The zero-order chi connectivity index (χ0) is 22.5. The van der Waals surface area contributed by atoms with Crippen LogP contribution in [-0.2, 0) is 11.3 Å². The van der Waals surface area contributed by atoms with Crippen LogP contribution in [0, 0.1) is 0 Å². The fourth-order valence-corrected chi connectivity index (χ4v) is 4.71. The number of rotatable bonds is 10. The summed E-state index contributed by atoms with van der Waals surface area (Å²) < 4.78 is 17.6. The Morgan fingerprint density at radius 2 is 1.94 bits per heavy atom. The largest absolute Gasteiger partial charge is 0.493 e. The van der Waals surface area contributed by atoms with Crippen LogP contribution in [0.4, 0.5) is 0 Å². The lowest BCUT2D eigenvalue weighted by molar-refractivity contribution is 0.0446. The second-order valence-corrected chi connectivity index (χ2v) is 8.20. The van der Waals surface area contributed by atoms with E-state index in [4.69, 9.17) is 14.2 Å². The first-order chi connectivity index (χ1) is 15.0. The standard InChI is InChI=1S/C22H28N2O6S/c1-5-7-8-9-12-31-22-23-19(25)16(20(26)24(22)6-2)17-13-10-11-14(28-3)18(29-4)15(13)21(27)30-17/h10-11,17,25H,5-9,12H2,1-4H3/t17-/m0/s1. The highest BCUT2D eigenvalue weighted by Gasteiger charge is 2.40. The van der Waals surface area contributed by atoms with Crippen molar-refractivity contribution in [2.24, 2.45) is 0 Å². The summed E-state index contributed by atoms with van der Waals surface area (Å²) in [7, 11) is 2.89. The van der Waals surface area contributed by atoms with Crippen molar-refractivity contribution in [2.75, 3.05) is 20.0 Å². The zero-order valence-corrected chi connectivity index (χ0v) is 19.1. The Kier molecular flexibility index (Phi) is 7.48. The number of hydrogen-bond donors (Lipinski definition) is 1. The van der Waals surface area contributed by atoms with Gasteiger partial charge < -0.3 is 19.3 Å². The number of aromatic nitrogens is 2. The smallest absolute Gasteiger partial charge is 0.343 e. The van der Waals surface area contributed by atoms with Crippen LogP contribution >= 0.6 is 11.8 Å². The van der Waals surface area contributed by atoms with E-state index in [1.165, 1.54) is 37.0 Å². The number of hydrogen-bond acceptors (Lipinski definition) is 8. The number of carbonyl (C=O) groups is 1. The highest BCUT2D eigenvalue weighted by Crippen LogP contribution is 2.45. The molecule has 9 heteroatoms. The summed E-state index contributed by atoms with van der Waals surface area (Å²) in [6.45, 7) is 4.38. The molecule has 1 aliphatic rings. The molecule has 0 bridgehead atoms. The van der Waals surface area contributed by atoms with Gasteiger partial charge in [-0.1, -0.05) is 44.0 Å². The lowest BCUT2D eigenvalue weighted by atomic mass is 9.99. The maximum absolute atomic E-state index is 13.3. The molecule has 31 heavy (non-hydrogen) atoms. The van der Waals surface area contributed by atoms with Gasteiger partial charge in [0.05, 0.1) is 14.2 Å². The first-order valence-electron chi connectivity index (χ1n) is 10.4. The maximum atomic E-state index is 13.3. The molecule has 0 saturated carbocycles. The normalized spacial score (nSPS) is 15.0. The summed E-state index contributed by atoms with van der Waals surface area (Å²) in [4.78, 5) is 30.1. The van der Waals surface area contributed by atoms with Gasteiger partial charge in [0.2, 0.25) is 5.88 Å². The van der Waals surface area contributed by atoms with Gasteiger partial charge in [0.15, 0.2) is 22.8 Å². The summed E-state index contributed by atoms with van der Waals surface area (Å²) in [5.41, 5.74) is 0.130. The molecule has 0 fully saturated rings. The Hall–Kier alpha value is -2.68. The number of thioether (sulfide) groups is 1. The van der Waals surface area contributed by atoms with Crippen molar-refractivity contribution in [1.29, 1.82) is 0 Å². The number of methoxy groups -OCH3 is 2. The number of carbonyl (C=O) groups excluding carboxylic acids is 1. The summed E-state index contributed by atoms with van der Waals surface area (Å²) in [6, 6.07) is 3.27. The van der Waals surface area contributed by atoms with Crippen LogP contribution in [0.2, 0.25) is 0 Å². The monoisotopic (exact) mass is 448 g/mol. The maximum Gasteiger partial charge on any atom is 0.343 e. The molecule has 0 aliphatic carbocycles. The number of aromatic hydroxyl groups is 1. The molecular weight excluding hydrogens is 420 g/mol. The van der Waals surface area contributed by atoms with E-state index in [2.05, 4.69) is 11.9 Å². The van der Waals surface area contributed by atoms with Crippen LogP contribution in [0.15, 0.2) is 22.1 Å². The minimum atomic E-state index is -1.07. The van der Waals surface area contributed by atoms with E-state index in [1.54, 1.807) is 12.1 Å². The van der Waals surface area contributed by atoms with Gasteiger partial charge in [0, 0.05) is 17.9 Å². The molecule has 2 aromatic rings. The molecule has 0 saturated heterocycles. The number of fused-ring (bicyclic) bond motifs is 1. The van der Waals surface area contributed by atoms with Gasteiger partial charge in [-0.15, -0.1) is 0 Å². The van der Waals surface area contributed by atoms with Crippen molar-refractivity contribution >= 4 is 17.7 Å². The lowest BCUT2D eigenvalue weighted by Crippen LogP contribution is -2.28. The molecule has 0 unspecified atom stereocenters. The third-order valence-corrected chi connectivity index (χ3v) is 6.31. The Balaban J connectivity index is 2.00. The van der Waals surface area contributed by atoms with Crippen LogP contribution in [0.5, 0.6) is 17.4 Å². The minimum absolute atomic E-state index is 0.0588. The fourth-order valence-electron chi connectivity index (χ4n) is 3.66. The van der Waals surface area contributed by atoms with Gasteiger partial charge >= 0.3 is 5.97 Å². The summed E-state index contributed by atoms with van der Waals surface area (Å²) in [6.07, 6.45) is 3.37. The highest BCUT2D eigenvalue weighted by molar-refractivity contribution is 7.99. The summed E-state index contributed by atoms with van der Waals surface area (Å²) in [5.74, 6) is 0.346. The van der Waals surface area contributed by atoms with Crippen molar-refractivity contribution in [1.82, 2.24) is 9.55 Å². The Bertz CT molecular complexity index is 1020. The molecule has 3 rings (SSSR count). The fraction of sp³-hybridized carbons (Fsp3) is 0.500. The van der Waals surface area contributed by atoms with E-state index in [1.807, 2.05) is 6.92 Å². The molecule has 0 spiro atoms. The molecule has 1 atom stereocenters. The number of cyclic esters (lactones) is 1.